The molecule has 0 saturated heterocycles. The summed E-state index contributed by atoms with van der Waals surface area (Å²) in [5.74, 6) is 0. The monoisotopic (exact) mass is 779 g/mol. The van der Waals surface area contributed by atoms with E-state index in [9.17, 15) is 5.26 Å². The Morgan fingerprint density at radius 3 is 1.63 bits per heavy atom. The molecule has 0 bridgehead atoms. The van der Waals surface area contributed by atoms with E-state index >= 15 is 0 Å². The molecule has 0 fully saturated rings. The minimum absolute atomic E-state index is 0.649. The largest absolute Gasteiger partial charge is 0.309 e. The van der Waals surface area contributed by atoms with Gasteiger partial charge in [-0.15, -0.1) is 0 Å². The van der Waals surface area contributed by atoms with Crippen LogP contribution in [0, 0.1) is 11.3 Å². The second-order valence-electron chi connectivity index (χ2n) is 15.9. The third-order valence-corrected chi connectivity index (χ3v) is 17.7. The van der Waals surface area contributed by atoms with Gasteiger partial charge < -0.3 is 9.13 Å². The lowest BCUT2D eigenvalue weighted by Crippen LogP contribution is -2.74. The highest BCUT2D eigenvalue weighted by molar-refractivity contribution is 7.20. The zero-order valence-corrected chi connectivity index (χ0v) is 33.8. The van der Waals surface area contributed by atoms with Crippen LogP contribution in [-0.2, 0) is 6.42 Å². The van der Waals surface area contributed by atoms with Gasteiger partial charge in [0.2, 0.25) is 0 Å². The van der Waals surface area contributed by atoms with Crippen LogP contribution in [0.25, 0.3) is 66.1 Å². The van der Waals surface area contributed by atoms with Gasteiger partial charge in [0, 0.05) is 33.7 Å². The number of nitriles is 1. The van der Waals surface area contributed by atoms with Gasteiger partial charge in [0.05, 0.1) is 33.3 Å². The molecule has 0 atom stereocenters. The van der Waals surface area contributed by atoms with Crippen molar-refractivity contribution in [1.29, 1.82) is 5.26 Å². The number of hydrogen-bond donors (Lipinski definition) is 0. The minimum atomic E-state index is -3.09. The quantitative estimate of drug-likeness (QED) is 0.122. The van der Waals surface area contributed by atoms with Crippen LogP contribution in [0.2, 0.25) is 0 Å². The first-order valence-corrected chi connectivity index (χ1v) is 22.6. The van der Waals surface area contributed by atoms with Crippen LogP contribution < -0.4 is 20.7 Å². The Balaban J connectivity index is 1.14. The molecule has 0 spiro atoms. The van der Waals surface area contributed by atoms with Gasteiger partial charge >= 0.3 is 0 Å². The molecule has 4 heteroatoms. The SMILES string of the molecule is N#Cc1cc([Si](c2ccccc2)(c2ccccc2)c2cccc(-n3c4ccccc4c4ccc5c(c43)Cc3ccccc3-5)c2)ccc1-n1c2ccccc2c2ccccc21. The first kappa shape index (κ1) is 34.3. The molecule has 280 valence electrons. The van der Waals surface area contributed by atoms with Crippen molar-refractivity contribution >= 4 is 72.4 Å². The zero-order valence-electron chi connectivity index (χ0n) is 32.8. The van der Waals surface area contributed by atoms with Gasteiger partial charge in [-0.05, 0) is 85.5 Å². The average molecular weight is 780 g/mol. The van der Waals surface area contributed by atoms with Gasteiger partial charge in [-0.25, -0.2) is 0 Å². The Morgan fingerprint density at radius 2 is 0.967 bits per heavy atom. The number of aromatic nitrogens is 2. The molecular weight excluding hydrogens is 743 g/mol. The lowest BCUT2D eigenvalue weighted by atomic mass is 10.0. The van der Waals surface area contributed by atoms with Gasteiger partial charge in [0.1, 0.15) is 6.07 Å². The molecule has 0 amide bonds. The molecule has 2 heterocycles. The van der Waals surface area contributed by atoms with Crippen molar-refractivity contribution in [2.24, 2.45) is 0 Å². The van der Waals surface area contributed by atoms with E-state index in [4.69, 9.17) is 0 Å². The Morgan fingerprint density at radius 1 is 0.417 bits per heavy atom. The summed E-state index contributed by atoms with van der Waals surface area (Å²) in [6.45, 7) is 0. The normalized spacial score (nSPS) is 12.2. The van der Waals surface area contributed by atoms with Crippen molar-refractivity contribution < 1.29 is 0 Å². The van der Waals surface area contributed by atoms with E-state index in [1.165, 1.54) is 70.4 Å². The van der Waals surface area contributed by atoms with Crippen LogP contribution in [0.15, 0.2) is 212 Å². The molecule has 0 unspecified atom stereocenters. The topological polar surface area (TPSA) is 33.6 Å². The molecule has 1 aliphatic carbocycles. The number of rotatable bonds is 6. The summed E-state index contributed by atoms with van der Waals surface area (Å²) in [7, 11) is -3.09. The third-order valence-electron chi connectivity index (χ3n) is 12.9. The molecule has 60 heavy (non-hydrogen) atoms. The van der Waals surface area contributed by atoms with E-state index in [2.05, 4.69) is 228 Å². The van der Waals surface area contributed by atoms with E-state index in [1.807, 2.05) is 0 Å². The van der Waals surface area contributed by atoms with Crippen molar-refractivity contribution in [1.82, 2.24) is 9.13 Å². The van der Waals surface area contributed by atoms with Crippen LogP contribution in [0.1, 0.15) is 16.7 Å². The van der Waals surface area contributed by atoms with Crippen molar-refractivity contribution in [3.05, 3.63) is 229 Å². The van der Waals surface area contributed by atoms with Crippen LogP contribution in [0.5, 0.6) is 0 Å². The molecule has 11 aromatic rings. The molecule has 12 rings (SSSR count). The number of fused-ring (bicyclic) bond motifs is 10. The number of hydrogen-bond acceptors (Lipinski definition) is 1. The average Bonchev–Trinajstić information content (AvgIpc) is 3.98. The second kappa shape index (κ2) is 13.4. The highest BCUT2D eigenvalue weighted by atomic mass is 28.3. The van der Waals surface area contributed by atoms with Gasteiger partial charge in [-0.3, -0.25) is 0 Å². The zero-order chi connectivity index (χ0) is 39.8. The summed E-state index contributed by atoms with van der Waals surface area (Å²) < 4.78 is 4.78. The third kappa shape index (κ3) is 4.88. The maximum Gasteiger partial charge on any atom is 0.179 e. The summed E-state index contributed by atoms with van der Waals surface area (Å²) >= 11 is 0. The van der Waals surface area contributed by atoms with Crippen molar-refractivity contribution in [3.63, 3.8) is 0 Å². The lowest BCUT2D eigenvalue weighted by Gasteiger charge is -2.35. The molecule has 0 radical (unpaired) electrons. The van der Waals surface area contributed by atoms with Gasteiger partial charge in [0.25, 0.3) is 0 Å². The Bertz CT molecular complexity index is 3440. The van der Waals surface area contributed by atoms with Crippen LogP contribution in [0.4, 0.5) is 0 Å². The summed E-state index contributed by atoms with van der Waals surface area (Å²) in [6, 6.07) is 80.1. The maximum atomic E-state index is 11.1. The van der Waals surface area contributed by atoms with E-state index in [0.717, 1.165) is 34.0 Å². The summed E-state index contributed by atoms with van der Waals surface area (Å²) in [5, 5.41) is 21.0. The Kier molecular flexibility index (Phi) is 7.68. The van der Waals surface area contributed by atoms with Gasteiger partial charge in [0.15, 0.2) is 8.07 Å². The molecule has 1 aliphatic rings. The summed E-state index contributed by atoms with van der Waals surface area (Å²) in [4.78, 5) is 0. The van der Waals surface area contributed by atoms with Gasteiger partial charge in [-0.2, -0.15) is 5.26 Å². The Hall–Kier alpha value is -7.71. The first-order valence-electron chi connectivity index (χ1n) is 20.6. The molecule has 3 nitrogen and oxygen atoms in total. The van der Waals surface area contributed by atoms with Crippen LogP contribution in [0.3, 0.4) is 0 Å². The predicted octanol–water partition coefficient (Wildman–Crippen LogP) is 10.7. The molecule has 0 saturated carbocycles. The molecule has 9 aromatic carbocycles. The number of para-hydroxylation sites is 3. The van der Waals surface area contributed by atoms with E-state index < -0.39 is 8.07 Å². The van der Waals surface area contributed by atoms with Crippen molar-refractivity contribution in [2.75, 3.05) is 0 Å². The maximum absolute atomic E-state index is 11.1. The molecule has 0 N–H and O–H groups in total. The standard InChI is InChI=1S/C56H37N3Si/c57-37-39-34-44(30-33-52(39)59-54-28-13-9-24-47(54)48-25-10-14-29-55(48)59)60(41-18-3-1-4-19-41,42-20-5-2-6-21-42)43-22-15-17-40(36-43)58-53-27-12-11-26-49(53)50-32-31-46-45-23-8-7-16-38(45)35-51(46)56(50)58/h1-34,36H,35H2. The fourth-order valence-electron chi connectivity index (χ4n) is 10.4. The minimum Gasteiger partial charge on any atom is -0.309 e. The van der Waals surface area contributed by atoms with Crippen molar-refractivity contribution in [2.45, 2.75) is 6.42 Å². The first-order chi connectivity index (χ1) is 29.7. The number of benzene rings is 9. The van der Waals surface area contributed by atoms with Crippen molar-refractivity contribution in [3.8, 4) is 28.6 Å². The fraction of sp³-hybridized carbons (Fsp3) is 0.0179. The molecule has 2 aromatic heterocycles. The smallest absolute Gasteiger partial charge is 0.179 e. The van der Waals surface area contributed by atoms with E-state index in [1.54, 1.807) is 0 Å². The van der Waals surface area contributed by atoms with Crippen LogP contribution in [-0.4, -0.2) is 17.2 Å². The highest BCUT2D eigenvalue weighted by Gasteiger charge is 2.42. The predicted molar refractivity (Wildman–Crippen MR) is 252 cm³/mol. The Labute approximate surface area is 349 Å². The highest BCUT2D eigenvalue weighted by Crippen LogP contribution is 2.44. The lowest BCUT2D eigenvalue weighted by molar-refractivity contribution is 1.15. The summed E-state index contributed by atoms with van der Waals surface area (Å²) in [6.07, 6.45) is 0.904. The fourth-order valence-corrected chi connectivity index (χ4v) is 15.2. The van der Waals surface area contributed by atoms with Crippen LogP contribution >= 0.6 is 0 Å². The molecular formula is C56H37N3Si. The van der Waals surface area contributed by atoms with E-state index in [0.29, 0.717) is 5.56 Å². The van der Waals surface area contributed by atoms with E-state index in [-0.39, 0.29) is 0 Å². The summed E-state index contributed by atoms with van der Waals surface area (Å²) in [5.41, 5.74) is 12.7. The van der Waals surface area contributed by atoms with Gasteiger partial charge in [-0.1, -0.05) is 170 Å². The number of nitrogens with zero attached hydrogens (tertiary/aromatic N) is 3. The second-order valence-corrected chi connectivity index (χ2v) is 19.7. The molecule has 0 aliphatic heterocycles.